The van der Waals surface area contributed by atoms with Crippen molar-refractivity contribution in [3.8, 4) is 0 Å². The molecular formula is C22H27N3O2S. The zero-order valence-electron chi connectivity index (χ0n) is 16.0. The van der Waals surface area contributed by atoms with Gasteiger partial charge in [-0.15, -0.1) is 11.8 Å². The molecule has 1 aliphatic carbocycles. The molecule has 2 fully saturated rings. The number of benzene rings is 1. The van der Waals surface area contributed by atoms with Gasteiger partial charge in [0.2, 0.25) is 5.91 Å². The Kier molecular flexibility index (Phi) is 6.60. The highest BCUT2D eigenvalue weighted by Crippen LogP contribution is 2.37. The van der Waals surface area contributed by atoms with Crippen molar-refractivity contribution in [3.05, 3.63) is 48.4 Å². The summed E-state index contributed by atoms with van der Waals surface area (Å²) in [6.07, 6.45) is 11.6. The Morgan fingerprint density at radius 1 is 1.14 bits per heavy atom. The van der Waals surface area contributed by atoms with E-state index in [-0.39, 0.29) is 11.8 Å². The van der Waals surface area contributed by atoms with Crippen LogP contribution in [0.25, 0.3) is 0 Å². The molecule has 1 aromatic heterocycles. The van der Waals surface area contributed by atoms with Crippen LogP contribution >= 0.6 is 11.8 Å². The van der Waals surface area contributed by atoms with Crippen molar-refractivity contribution in [2.24, 2.45) is 5.92 Å². The van der Waals surface area contributed by atoms with Crippen LogP contribution in [-0.2, 0) is 9.53 Å². The van der Waals surface area contributed by atoms with Gasteiger partial charge in [-0.1, -0.05) is 18.6 Å². The summed E-state index contributed by atoms with van der Waals surface area (Å²) in [7, 11) is 0. The van der Waals surface area contributed by atoms with E-state index in [1.165, 1.54) is 24.2 Å². The van der Waals surface area contributed by atoms with Crippen molar-refractivity contribution in [2.45, 2.75) is 54.6 Å². The van der Waals surface area contributed by atoms with Gasteiger partial charge in [-0.05, 0) is 55.7 Å². The van der Waals surface area contributed by atoms with Gasteiger partial charge in [0.05, 0.1) is 12.1 Å². The van der Waals surface area contributed by atoms with Crippen molar-refractivity contribution in [1.29, 1.82) is 0 Å². The summed E-state index contributed by atoms with van der Waals surface area (Å²) in [6, 6.07) is 8.60. The molecule has 0 radical (unpaired) electrons. The molecule has 1 saturated carbocycles. The van der Waals surface area contributed by atoms with Gasteiger partial charge < -0.3 is 10.1 Å². The fourth-order valence-corrected chi connectivity index (χ4v) is 4.99. The number of hydrogen-bond acceptors (Lipinski definition) is 5. The Balaban J connectivity index is 1.48. The summed E-state index contributed by atoms with van der Waals surface area (Å²) in [6.45, 7) is 1.58. The molecule has 5 nitrogen and oxygen atoms in total. The second-order valence-electron chi connectivity index (χ2n) is 7.66. The first-order chi connectivity index (χ1) is 13.8. The third kappa shape index (κ3) is 5.11. The van der Waals surface area contributed by atoms with E-state index in [4.69, 9.17) is 4.74 Å². The molecule has 6 heteroatoms. The quantitative estimate of drug-likeness (QED) is 0.736. The number of hydrogen-bond donors (Lipinski definition) is 1. The Morgan fingerprint density at radius 2 is 1.93 bits per heavy atom. The van der Waals surface area contributed by atoms with E-state index < -0.39 is 0 Å². The number of amides is 1. The van der Waals surface area contributed by atoms with Crippen molar-refractivity contribution in [1.82, 2.24) is 9.97 Å². The van der Waals surface area contributed by atoms with Crippen LogP contribution in [0.5, 0.6) is 0 Å². The second kappa shape index (κ2) is 9.52. The molecule has 1 amide bonds. The summed E-state index contributed by atoms with van der Waals surface area (Å²) in [5.41, 5.74) is 1.07. The number of anilines is 1. The molecular weight excluding hydrogens is 370 g/mol. The van der Waals surface area contributed by atoms with Gasteiger partial charge in [0.15, 0.2) is 5.82 Å². The highest BCUT2D eigenvalue weighted by Gasteiger charge is 2.27. The Bertz CT molecular complexity index is 759. The number of thioether (sulfide) groups is 1. The Morgan fingerprint density at radius 3 is 2.57 bits per heavy atom. The number of carbonyl (C=O) groups excluding carboxylic acids is 1. The molecule has 1 saturated heterocycles. The first-order valence-corrected chi connectivity index (χ1v) is 11.1. The highest BCUT2D eigenvalue weighted by molar-refractivity contribution is 8.00. The van der Waals surface area contributed by atoms with E-state index in [2.05, 4.69) is 39.6 Å². The number of ether oxygens (including phenoxy) is 1. The van der Waals surface area contributed by atoms with Crippen LogP contribution in [0.3, 0.4) is 0 Å². The van der Waals surface area contributed by atoms with E-state index in [1.807, 2.05) is 11.8 Å². The molecule has 0 bridgehead atoms. The molecule has 1 atom stereocenters. The first-order valence-electron chi connectivity index (χ1n) is 10.2. The van der Waals surface area contributed by atoms with Gasteiger partial charge in [0.1, 0.15) is 0 Å². The largest absolute Gasteiger partial charge is 0.381 e. The normalized spacial score (nSPS) is 19.0. The third-order valence-electron chi connectivity index (χ3n) is 5.68. The van der Waals surface area contributed by atoms with E-state index in [9.17, 15) is 4.79 Å². The van der Waals surface area contributed by atoms with Crippen LogP contribution in [0, 0.1) is 5.92 Å². The lowest BCUT2D eigenvalue weighted by molar-refractivity contribution is -0.118. The van der Waals surface area contributed by atoms with Crippen molar-refractivity contribution in [3.63, 3.8) is 0 Å². The molecule has 0 spiro atoms. The number of aromatic nitrogens is 2. The van der Waals surface area contributed by atoms with Crippen molar-refractivity contribution < 1.29 is 9.53 Å². The molecule has 4 rings (SSSR count). The van der Waals surface area contributed by atoms with E-state index in [0.717, 1.165) is 43.3 Å². The monoisotopic (exact) mass is 397 g/mol. The molecule has 2 heterocycles. The molecule has 1 N–H and O–H groups in total. The van der Waals surface area contributed by atoms with Crippen LogP contribution in [0.1, 0.15) is 50.0 Å². The second-order valence-corrected chi connectivity index (χ2v) is 9.04. The van der Waals surface area contributed by atoms with Gasteiger partial charge in [0, 0.05) is 35.8 Å². The lowest BCUT2D eigenvalue weighted by atomic mass is 9.84. The van der Waals surface area contributed by atoms with Crippen LogP contribution in [0.2, 0.25) is 0 Å². The summed E-state index contributed by atoms with van der Waals surface area (Å²) >= 11 is 1.96. The van der Waals surface area contributed by atoms with Crippen LogP contribution < -0.4 is 5.32 Å². The van der Waals surface area contributed by atoms with E-state index >= 15 is 0 Å². The lowest BCUT2D eigenvalue weighted by Gasteiger charge is -2.27. The topological polar surface area (TPSA) is 64.1 Å². The summed E-state index contributed by atoms with van der Waals surface area (Å²) in [5.74, 6) is 0.816. The molecule has 1 aliphatic heterocycles. The molecule has 148 valence electrons. The van der Waals surface area contributed by atoms with E-state index in [1.54, 1.807) is 18.6 Å². The minimum absolute atomic E-state index is 0.00797. The lowest BCUT2D eigenvalue weighted by Crippen LogP contribution is -2.26. The zero-order chi connectivity index (χ0) is 19.2. The summed E-state index contributed by atoms with van der Waals surface area (Å²) < 4.78 is 5.49. The average molecular weight is 398 g/mol. The number of rotatable bonds is 7. The number of carbonyl (C=O) groups is 1. The van der Waals surface area contributed by atoms with Gasteiger partial charge in [-0.3, -0.25) is 9.78 Å². The zero-order valence-corrected chi connectivity index (χ0v) is 16.9. The molecule has 1 unspecified atom stereocenters. The van der Waals surface area contributed by atoms with Gasteiger partial charge in [-0.25, -0.2) is 4.98 Å². The molecule has 2 aliphatic rings. The van der Waals surface area contributed by atoms with Gasteiger partial charge >= 0.3 is 0 Å². The van der Waals surface area contributed by atoms with Crippen LogP contribution in [-0.4, -0.2) is 34.3 Å². The summed E-state index contributed by atoms with van der Waals surface area (Å²) in [5, 5.41) is 3.71. The molecule has 1 aromatic carbocycles. The number of nitrogens with zero attached hydrogens (tertiary/aromatic N) is 2. The Labute approximate surface area is 170 Å². The predicted molar refractivity (Wildman–Crippen MR) is 112 cm³/mol. The average Bonchev–Trinajstić information content (AvgIpc) is 2.71. The predicted octanol–water partition coefficient (Wildman–Crippen LogP) is 4.66. The maximum Gasteiger partial charge on any atom is 0.233 e. The third-order valence-corrected chi connectivity index (χ3v) is 7.03. The number of nitrogens with one attached hydrogen (secondary N) is 1. The molecule has 28 heavy (non-hydrogen) atoms. The standard InChI is InChI=1S/C22H27N3O2S/c26-22(25-21-15-23-10-11-24-21)20(14-16-8-12-27-13-9-16)17-4-6-19(7-5-17)28-18-2-1-3-18/h4-7,10-11,15-16,18,20H,1-3,8-9,12-14H2,(H,24,25,26). The van der Waals surface area contributed by atoms with Gasteiger partial charge in [-0.2, -0.15) is 0 Å². The van der Waals surface area contributed by atoms with Crippen LogP contribution in [0.15, 0.2) is 47.8 Å². The maximum absolute atomic E-state index is 13.1. The first kappa shape index (κ1) is 19.4. The fraction of sp³-hybridized carbons (Fsp3) is 0.500. The highest BCUT2D eigenvalue weighted by atomic mass is 32.2. The maximum atomic E-state index is 13.1. The van der Waals surface area contributed by atoms with Gasteiger partial charge in [0.25, 0.3) is 0 Å². The van der Waals surface area contributed by atoms with Crippen LogP contribution in [0.4, 0.5) is 5.82 Å². The summed E-state index contributed by atoms with van der Waals surface area (Å²) in [4.78, 5) is 22.6. The Hall–Kier alpha value is -1.92. The minimum Gasteiger partial charge on any atom is -0.381 e. The van der Waals surface area contributed by atoms with E-state index in [0.29, 0.717) is 11.7 Å². The smallest absolute Gasteiger partial charge is 0.233 e. The van der Waals surface area contributed by atoms with Crippen molar-refractivity contribution in [2.75, 3.05) is 18.5 Å². The SMILES string of the molecule is O=C(Nc1cnccn1)C(CC1CCOCC1)c1ccc(SC2CCC2)cc1. The molecule has 2 aromatic rings. The fourth-order valence-electron chi connectivity index (χ4n) is 3.75. The van der Waals surface area contributed by atoms with Crippen molar-refractivity contribution >= 4 is 23.5 Å². The minimum atomic E-state index is -0.187.